The standard InChI is InChI=1S/C18H21BrN2O3/c1-12-9-13(19)5-6-14(12)20-15(22)11-21-16(23)10-18(17(21)24)7-3-2-4-8-18/h5-6,9H,2-4,7-8,10-11H2,1H3,(H,20,22). The Hall–Kier alpha value is -1.69. The van der Waals surface area contributed by atoms with Gasteiger partial charge in [0, 0.05) is 16.6 Å². The van der Waals surface area contributed by atoms with E-state index in [0.717, 1.165) is 47.0 Å². The van der Waals surface area contributed by atoms with Crippen molar-refractivity contribution in [2.24, 2.45) is 5.41 Å². The van der Waals surface area contributed by atoms with Crippen LogP contribution in [0.25, 0.3) is 0 Å². The number of amides is 3. The molecule has 1 heterocycles. The van der Waals surface area contributed by atoms with Crippen LogP contribution in [0.3, 0.4) is 0 Å². The quantitative estimate of drug-likeness (QED) is 0.801. The Labute approximate surface area is 149 Å². The summed E-state index contributed by atoms with van der Waals surface area (Å²) < 4.78 is 0.933. The predicted octanol–water partition coefficient (Wildman–Crippen LogP) is 3.41. The van der Waals surface area contributed by atoms with E-state index in [1.807, 2.05) is 19.1 Å². The number of rotatable bonds is 3. The molecule has 0 atom stereocenters. The molecule has 3 amide bonds. The molecule has 5 nitrogen and oxygen atoms in total. The topological polar surface area (TPSA) is 66.5 Å². The smallest absolute Gasteiger partial charge is 0.244 e. The molecule has 128 valence electrons. The zero-order valence-electron chi connectivity index (χ0n) is 13.7. The van der Waals surface area contributed by atoms with Crippen LogP contribution in [-0.2, 0) is 14.4 Å². The summed E-state index contributed by atoms with van der Waals surface area (Å²) in [5.74, 6) is -0.713. The first kappa shape index (κ1) is 17.1. The highest BCUT2D eigenvalue weighted by Crippen LogP contribution is 2.45. The van der Waals surface area contributed by atoms with Crippen LogP contribution in [0.1, 0.15) is 44.1 Å². The Morgan fingerprint density at radius 1 is 1.25 bits per heavy atom. The summed E-state index contributed by atoms with van der Waals surface area (Å²) in [7, 11) is 0. The molecule has 0 unspecified atom stereocenters. The van der Waals surface area contributed by atoms with E-state index in [1.54, 1.807) is 6.07 Å². The Kier molecular flexibility index (Phi) is 4.76. The number of carbonyl (C=O) groups is 3. The van der Waals surface area contributed by atoms with E-state index in [0.29, 0.717) is 5.69 Å². The fourth-order valence-corrected chi connectivity index (χ4v) is 4.22. The third kappa shape index (κ3) is 3.24. The highest BCUT2D eigenvalue weighted by atomic mass is 79.9. The molecule has 2 aliphatic rings. The van der Waals surface area contributed by atoms with E-state index in [2.05, 4.69) is 21.2 Å². The molecule has 0 aromatic heterocycles. The number of hydrogen-bond donors (Lipinski definition) is 1. The number of carbonyl (C=O) groups excluding carboxylic acids is 3. The summed E-state index contributed by atoms with van der Waals surface area (Å²) in [6, 6.07) is 5.54. The van der Waals surface area contributed by atoms with Crippen LogP contribution in [-0.4, -0.2) is 29.2 Å². The van der Waals surface area contributed by atoms with Gasteiger partial charge in [0.05, 0.1) is 5.41 Å². The van der Waals surface area contributed by atoms with Gasteiger partial charge in [-0.15, -0.1) is 0 Å². The molecule has 0 radical (unpaired) electrons. The van der Waals surface area contributed by atoms with Crippen LogP contribution in [0.5, 0.6) is 0 Å². The lowest BCUT2D eigenvalue weighted by Gasteiger charge is -2.30. The number of halogens is 1. The SMILES string of the molecule is Cc1cc(Br)ccc1NC(=O)CN1C(=O)CC2(CCCCC2)C1=O. The fraction of sp³-hybridized carbons (Fsp3) is 0.500. The van der Waals surface area contributed by atoms with E-state index < -0.39 is 5.41 Å². The first-order chi connectivity index (χ1) is 11.4. The summed E-state index contributed by atoms with van der Waals surface area (Å²) in [5, 5.41) is 2.79. The van der Waals surface area contributed by atoms with Gasteiger partial charge >= 0.3 is 0 Å². The van der Waals surface area contributed by atoms with Gasteiger partial charge in [0.1, 0.15) is 6.54 Å². The minimum Gasteiger partial charge on any atom is -0.324 e. The third-order valence-corrected chi connectivity index (χ3v) is 5.56. The number of imide groups is 1. The molecule has 1 aromatic carbocycles. The second kappa shape index (κ2) is 6.67. The van der Waals surface area contributed by atoms with Gasteiger partial charge < -0.3 is 5.32 Å². The van der Waals surface area contributed by atoms with Crippen molar-refractivity contribution in [1.82, 2.24) is 4.90 Å². The number of hydrogen-bond acceptors (Lipinski definition) is 3. The van der Waals surface area contributed by atoms with Crippen molar-refractivity contribution in [2.75, 3.05) is 11.9 Å². The van der Waals surface area contributed by atoms with Gasteiger partial charge in [-0.1, -0.05) is 35.2 Å². The van der Waals surface area contributed by atoms with Crippen LogP contribution < -0.4 is 5.32 Å². The zero-order chi connectivity index (χ0) is 17.3. The number of nitrogens with zero attached hydrogens (tertiary/aromatic N) is 1. The Balaban J connectivity index is 1.68. The summed E-state index contributed by atoms with van der Waals surface area (Å²) in [4.78, 5) is 38.4. The van der Waals surface area contributed by atoms with Gasteiger partial charge in [-0.2, -0.15) is 0 Å². The Morgan fingerprint density at radius 3 is 2.62 bits per heavy atom. The molecule has 1 spiro atoms. The maximum Gasteiger partial charge on any atom is 0.244 e. The molecular weight excluding hydrogens is 372 g/mol. The highest BCUT2D eigenvalue weighted by Gasteiger charge is 2.51. The predicted molar refractivity (Wildman–Crippen MR) is 94.4 cm³/mol. The van der Waals surface area contributed by atoms with Crippen molar-refractivity contribution >= 4 is 39.3 Å². The largest absolute Gasteiger partial charge is 0.324 e. The summed E-state index contributed by atoms with van der Waals surface area (Å²) >= 11 is 3.38. The van der Waals surface area contributed by atoms with Gasteiger partial charge in [0.2, 0.25) is 17.7 Å². The van der Waals surface area contributed by atoms with Crippen LogP contribution in [0.15, 0.2) is 22.7 Å². The van der Waals surface area contributed by atoms with Gasteiger partial charge in [0.25, 0.3) is 0 Å². The van der Waals surface area contributed by atoms with Crippen molar-refractivity contribution < 1.29 is 14.4 Å². The van der Waals surface area contributed by atoms with E-state index in [1.165, 1.54) is 0 Å². The van der Waals surface area contributed by atoms with E-state index in [9.17, 15) is 14.4 Å². The molecule has 1 aliphatic heterocycles. The number of nitrogens with one attached hydrogen (secondary N) is 1. The van der Waals surface area contributed by atoms with E-state index in [-0.39, 0.29) is 30.7 Å². The van der Waals surface area contributed by atoms with Crippen molar-refractivity contribution in [2.45, 2.75) is 45.4 Å². The highest BCUT2D eigenvalue weighted by molar-refractivity contribution is 9.10. The molecule has 1 aliphatic carbocycles. The third-order valence-electron chi connectivity index (χ3n) is 5.06. The summed E-state index contributed by atoms with van der Waals surface area (Å²) in [6.45, 7) is 1.69. The molecule has 2 fully saturated rings. The van der Waals surface area contributed by atoms with Gasteiger partial charge in [-0.25, -0.2) is 0 Å². The van der Waals surface area contributed by atoms with Crippen molar-refractivity contribution in [3.8, 4) is 0 Å². The average Bonchev–Trinajstić information content (AvgIpc) is 2.75. The molecule has 0 bridgehead atoms. The monoisotopic (exact) mass is 392 g/mol. The summed E-state index contributed by atoms with van der Waals surface area (Å²) in [6.07, 6.45) is 4.88. The lowest BCUT2D eigenvalue weighted by Crippen LogP contribution is -2.41. The van der Waals surface area contributed by atoms with Gasteiger partial charge in [-0.05, 0) is 43.5 Å². The molecule has 1 saturated carbocycles. The second-order valence-corrected chi connectivity index (χ2v) is 7.73. The zero-order valence-corrected chi connectivity index (χ0v) is 15.3. The molecule has 24 heavy (non-hydrogen) atoms. The first-order valence-electron chi connectivity index (χ1n) is 8.32. The first-order valence-corrected chi connectivity index (χ1v) is 9.11. The van der Waals surface area contributed by atoms with Crippen molar-refractivity contribution in [3.63, 3.8) is 0 Å². The van der Waals surface area contributed by atoms with Crippen molar-refractivity contribution in [3.05, 3.63) is 28.2 Å². The minimum absolute atomic E-state index is 0.158. The molecule has 3 rings (SSSR count). The maximum absolute atomic E-state index is 12.7. The van der Waals surface area contributed by atoms with E-state index >= 15 is 0 Å². The average molecular weight is 393 g/mol. The van der Waals surface area contributed by atoms with E-state index in [4.69, 9.17) is 0 Å². The van der Waals surface area contributed by atoms with Gasteiger partial charge in [0.15, 0.2) is 0 Å². The maximum atomic E-state index is 12.7. The molecule has 1 aromatic rings. The molecule has 6 heteroatoms. The normalized spacial score (nSPS) is 19.8. The fourth-order valence-electron chi connectivity index (χ4n) is 3.74. The van der Waals surface area contributed by atoms with Crippen molar-refractivity contribution in [1.29, 1.82) is 0 Å². The minimum atomic E-state index is -0.539. The molecule has 1 N–H and O–H groups in total. The second-order valence-electron chi connectivity index (χ2n) is 6.81. The molecular formula is C18H21BrN2O3. The number of benzene rings is 1. The van der Waals surface area contributed by atoms with Crippen LogP contribution in [0, 0.1) is 12.3 Å². The lowest BCUT2D eigenvalue weighted by atomic mass is 9.73. The Morgan fingerprint density at radius 2 is 1.96 bits per heavy atom. The Bertz CT molecular complexity index is 696. The number of anilines is 1. The van der Waals surface area contributed by atoms with Crippen LogP contribution >= 0.6 is 15.9 Å². The summed E-state index contributed by atoms with van der Waals surface area (Å²) in [5.41, 5.74) is 1.07. The van der Waals surface area contributed by atoms with Crippen LogP contribution in [0.4, 0.5) is 5.69 Å². The van der Waals surface area contributed by atoms with Crippen LogP contribution in [0.2, 0.25) is 0 Å². The number of likely N-dealkylation sites (tertiary alicyclic amines) is 1. The van der Waals surface area contributed by atoms with Gasteiger partial charge in [-0.3, -0.25) is 19.3 Å². The lowest BCUT2D eigenvalue weighted by molar-refractivity contribution is -0.144. The number of aryl methyl sites for hydroxylation is 1. The molecule has 1 saturated heterocycles.